The van der Waals surface area contributed by atoms with E-state index in [9.17, 15) is 23.4 Å². The molecule has 1 aromatic rings. The topological polar surface area (TPSA) is 40.5 Å². The highest BCUT2D eigenvalue weighted by Crippen LogP contribution is 2.39. The van der Waals surface area contributed by atoms with Gasteiger partial charge in [0.05, 0.1) is 11.2 Å². The summed E-state index contributed by atoms with van der Waals surface area (Å²) in [6.45, 7) is 1.54. The van der Waals surface area contributed by atoms with Gasteiger partial charge in [0, 0.05) is 0 Å². The Bertz CT molecular complexity index is 489. The molecule has 1 atom stereocenters. The van der Waals surface area contributed by atoms with Crippen LogP contribution in [-0.4, -0.2) is 15.8 Å². The van der Waals surface area contributed by atoms with Crippen molar-refractivity contribution in [2.24, 2.45) is 0 Å². The predicted molar refractivity (Wildman–Crippen MR) is 73.8 cm³/mol. The van der Waals surface area contributed by atoms with Crippen LogP contribution < -0.4 is 0 Å². The van der Waals surface area contributed by atoms with E-state index in [2.05, 4.69) is 0 Å². The van der Waals surface area contributed by atoms with Crippen molar-refractivity contribution in [1.29, 1.82) is 0 Å². The van der Waals surface area contributed by atoms with Crippen LogP contribution in [0.1, 0.15) is 61.3 Å². The zero-order valence-corrected chi connectivity index (χ0v) is 12.1. The van der Waals surface area contributed by atoms with Crippen LogP contribution in [0.3, 0.4) is 0 Å². The van der Waals surface area contributed by atoms with Gasteiger partial charge in [0.25, 0.3) is 0 Å². The molecule has 0 bridgehead atoms. The van der Waals surface area contributed by atoms with Crippen molar-refractivity contribution in [3.05, 3.63) is 34.9 Å². The molecule has 0 aromatic heterocycles. The molecule has 118 valence electrons. The maximum atomic E-state index is 12.7. The smallest absolute Gasteiger partial charge is 0.387 e. The first-order valence-electron chi connectivity index (χ1n) is 7.32. The van der Waals surface area contributed by atoms with Crippen LogP contribution in [-0.2, 0) is 6.18 Å². The molecule has 0 radical (unpaired) electrons. The normalized spacial score (nSPS) is 20.9. The molecule has 0 aliphatic heterocycles. The Hall–Kier alpha value is -1.07. The summed E-state index contributed by atoms with van der Waals surface area (Å²) in [5.74, 6) is 0. The van der Waals surface area contributed by atoms with E-state index < -0.39 is 23.4 Å². The molecule has 2 N–H and O–H groups in total. The molecule has 0 spiro atoms. The third kappa shape index (κ3) is 3.58. The van der Waals surface area contributed by atoms with Gasteiger partial charge < -0.3 is 10.2 Å². The second-order valence-electron chi connectivity index (χ2n) is 5.99. The number of aliphatic hydroxyl groups is 2. The number of aliphatic hydroxyl groups excluding tert-OH is 1. The molecule has 1 unspecified atom stereocenters. The molecule has 2 nitrogen and oxygen atoms in total. The van der Waals surface area contributed by atoms with E-state index in [1.54, 1.807) is 0 Å². The highest BCUT2D eigenvalue weighted by atomic mass is 19.4. The van der Waals surface area contributed by atoms with Crippen molar-refractivity contribution in [2.45, 2.75) is 63.3 Å². The van der Waals surface area contributed by atoms with Crippen LogP contribution in [0.25, 0.3) is 0 Å². The lowest BCUT2D eigenvalue weighted by Gasteiger charge is -2.33. The summed E-state index contributed by atoms with van der Waals surface area (Å²) in [6.07, 6.45) is -0.892. The highest BCUT2D eigenvalue weighted by molar-refractivity contribution is 5.35. The van der Waals surface area contributed by atoms with Crippen LogP contribution in [0.15, 0.2) is 18.2 Å². The predicted octanol–water partition coefficient (Wildman–Crippen LogP) is 4.13. The lowest BCUT2D eigenvalue weighted by molar-refractivity contribution is -0.137. The van der Waals surface area contributed by atoms with E-state index in [0.717, 1.165) is 37.8 Å². The van der Waals surface area contributed by atoms with E-state index >= 15 is 0 Å². The van der Waals surface area contributed by atoms with Crippen molar-refractivity contribution in [2.75, 3.05) is 0 Å². The van der Waals surface area contributed by atoms with Gasteiger partial charge in [0.1, 0.15) is 6.10 Å². The third-order valence-electron chi connectivity index (χ3n) is 4.37. The molecular formula is C16H21F3O2. The van der Waals surface area contributed by atoms with Gasteiger partial charge in [-0.25, -0.2) is 0 Å². The van der Waals surface area contributed by atoms with Crippen molar-refractivity contribution in [3.63, 3.8) is 0 Å². The molecule has 21 heavy (non-hydrogen) atoms. The van der Waals surface area contributed by atoms with E-state index in [1.165, 1.54) is 13.0 Å². The van der Waals surface area contributed by atoms with E-state index in [0.29, 0.717) is 24.0 Å². The molecule has 1 fully saturated rings. The first kappa shape index (κ1) is 16.3. The van der Waals surface area contributed by atoms with Gasteiger partial charge >= 0.3 is 6.18 Å². The SMILES string of the molecule is Cc1cc(C(F)(F)F)ccc1C(O)C1(O)CCCCCC1. The largest absolute Gasteiger partial charge is 0.416 e. The lowest BCUT2D eigenvalue weighted by Crippen LogP contribution is -2.36. The van der Waals surface area contributed by atoms with Crippen molar-refractivity contribution < 1.29 is 23.4 Å². The quantitative estimate of drug-likeness (QED) is 0.806. The molecular weight excluding hydrogens is 281 g/mol. The Labute approximate surface area is 122 Å². The molecule has 1 aromatic carbocycles. The fourth-order valence-electron chi connectivity index (χ4n) is 3.06. The van der Waals surface area contributed by atoms with Crippen molar-refractivity contribution in [1.82, 2.24) is 0 Å². The molecule has 0 amide bonds. The van der Waals surface area contributed by atoms with Gasteiger partial charge in [-0.15, -0.1) is 0 Å². The summed E-state index contributed by atoms with van der Waals surface area (Å²) in [6, 6.07) is 3.27. The summed E-state index contributed by atoms with van der Waals surface area (Å²) in [5, 5.41) is 21.1. The molecule has 2 rings (SSSR count). The van der Waals surface area contributed by atoms with Gasteiger partial charge in [-0.3, -0.25) is 0 Å². The first-order chi connectivity index (χ1) is 9.74. The van der Waals surface area contributed by atoms with Crippen molar-refractivity contribution in [3.8, 4) is 0 Å². The van der Waals surface area contributed by atoms with Crippen LogP contribution in [0.2, 0.25) is 0 Å². The minimum atomic E-state index is -4.40. The second-order valence-corrected chi connectivity index (χ2v) is 5.99. The van der Waals surface area contributed by atoms with Crippen LogP contribution in [0.5, 0.6) is 0 Å². The number of halogens is 3. The van der Waals surface area contributed by atoms with E-state index in [-0.39, 0.29) is 0 Å². The number of benzene rings is 1. The number of hydrogen-bond donors (Lipinski definition) is 2. The Balaban J connectivity index is 2.28. The molecule has 0 heterocycles. The van der Waals surface area contributed by atoms with Crippen LogP contribution >= 0.6 is 0 Å². The zero-order chi connectivity index (χ0) is 15.7. The van der Waals surface area contributed by atoms with Crippen LogP contribution in [0, 0.1) is 6.92 Å². The van der Waals surface area contributed by atoms with Gasteiger partial charge in [-0.1, -0.05) is 31.7 Å². The summed E-state index contributed by atoms with van der Waals surface area (Å²) >= 11 is 0. The summed E-state index contributed by atoms with van der Waals surface area (Å²) in [7, 11) is 0. The standard InChI is InChI=1S/C16H21F3O2/c1-11-10-12(16(17,18)19)6-7-13(11)14(20)15(21)8-4-2-3-5-9-15/h6-7,10,14,20-21H,2-5,8-9H2,1H3. The molecule has 5 heteroatoms. The van der Waals surface area contributed by atoms with Gasteiger partial charge in [-0.05, 0) is 43.0 Å². The number of rotatable bonds is 2. The Morgan fingerprint density at radius 2 is 1.67 bits per heavy atom. The number of aryl methyl sites for hydroxylation is 1. The van der Waals surface area contributed by atoms with Crippen molar-refractivity contribution >= 4 is 0 Å². The summed E-state index contributed by atoms with van der Waals surface area (Å²) in [4.78, 5) is 0. The maximum Gasteiger partial charge on any atom is 0.416 e. The zero-order valence-electron chi connectivity index (χ0n) is 12.1. The third-order valence-corrected chi connectivity index (χ3v) is 4.37. The Morgan fingerprint density at radius 3 is 2.14 bits per heavy atom. The average Bonchev–Trinajstić information content (AvgIpc) is 2.63. The number of alkyl halides is 3. The maximum absolute atomic E-state index is 12.7. The second kappa shape index (κ2) is 5.97. The first-order valence-corrected chi connectivity index (χ1v) is 7.32. The molecule has 1 aliphatic rings. The summed E-state index contributed by atoms with van der Waals surface area (Å²) < 4.78 is 38.0. The fraction of sp³-hybridized carbons (Fsp3) is 0.625. The van der Waals surface area contributed by atoms with Gasteiger partial charge in [0.2, 0.25) is 0 Å². The van der Waals surface area contributed by atoms with E-state index in [1.807, 2.05) is 0 Å². The van der Waals surface area contributed by atoms with E-state index in [4.69, 9.17) is 0 Å². The van der Waals surface area contributed by atoms with Gasteiger partial charge in [0.15, 0.2) is 0 Å². The minimum absolute atomic E-state index is 0.356. The van der Waals surface area contributed by atoms with Crippen LogP contribution in [0.4, 0.5) is 13.2 Å². The minimum Gasteiger partial charge on any atom is -0.387 e. The number of hydrogen-bond acceptors (Lipinski definition) is 2. The Morgan fingerprint density at radius 1 is 1.10 bits per heavy atom. The Kier molecular flexibility index (Phi) is 4.63. The highest BCUT2D eigenvalue weighted by Gasteiger charge is 2.38. The fourth-order valence-corrected chi connectivity index (χ4v) is 3.06. The average molecular weight is 302 g/mol. The molecule has 1 aliphatic carbocycles. The van der Waals surface area contributed by atoms with Gasteiger partial charge in [-0.2, -0.15) is 13.2 Å². The molecule has 0 saturated heterocycles. The molecule has 1 saturated carbocycles. The monoisotopic (exact) mass is 302 g/mol. The summed E-state index contributed by atoms with van der Waals surface area (Å²) in [5.41, 5.74) is -1.23. The lowest BCUT2D eigenvalue weighted by atomic mass is 9.83.